The van der Waals surface area contributed by atoms with Gasteiger partial charge in [-0.3, -0.25) is 29.8 Å². The second-order valence-electron chi connectivity index (χ2n) is 9.85. The Kier molecular flexibility index (Phi) is 9.97. The summed E-state index contributed by atoms with van der Waals surface area (Å²) in [4.78, 5) is 43.6. The molecule has 1 atom stereocenters. The van der Waals surface area contributed by atoms with Crippen LogP contribution in [0.3, 0.4) is 0 Å². The number of fused-ring (bicyclic) bond motifs is 1. The molecule has 1 aliphatic rings. The SMILES string of the molecule is CCCC/C(=C\c1c(C)cnnc1N)CNC(=O)C1CCc2ncc(NC(=O)C(=N)SC(=N)c3ccccc3)c(=O)n21. The molecule has 12 nitrogen and oxygen atoms in total. The lowest BCUT2D eigenvalue weighted by molar-refractivity contribution is -0.124. The summed E-state index contributed by atoms with van der Waals surface area (Å²) in [6, 6.07) is 7.94. The summed E-state index contributed by atoms with van der Waals surface area (Å²) in [5.74, 6) is -0.414. The Morgan fingerprint density at radius 2 is 1.98 bits per heavy atom. The van der Waals surface area contributed by atoms with Crippen molar-refractivity contribution in [3.05, 3.63) is 81.2 Å². The molecule has 0 saturated heterocycles. The Bertz CT molecular complexity index is 1580. The Morgan fingerprint density at radius 3 is 2.69 bits per heavy atom. The predicted octanol–water partition coefficient (Wildman–Crippen LogP) is 3.48. The summed E-state index contributed by atoms with van der Waals surface area (Å²) < 4.78 is 1.30. The Morgan fingerprint density at radius 1 is 1.21 bits per heavy atom. The van der Waals surface area contributed by atoms with Crippen molar-refractivity contribution in [3.63, 3.8) is 0 Å². The van der Waals surface area contributed by atoms with Crippen molar-refractivity contribution < 1.29 is 9.59 Å². The minimum absolute atomic E-state index is 0.0293. The van der Waals surface area contributed by atoms with Crippen LogP contribution in [0.1, 0.15) is 61.2 Å². The second kappa shape index (κ2) is 13.8. The van der Waals surface area contributed by atoms with Gasteiger partial charge in [-0.1, -0.05) is 49.2 Å². The first-order valence-corrected chi connectivity index (χ1v) is 14.4. The largest absolute Gasteiger partial charge is 0.382 e. The number of nitrogen functional groups attached to an aromatic ring is 1. The molecule has 218 valence electrons. The van der Waals surface area contributed by atoms with E-state index < -0.39 is 22.6 Å². The highest BCUT2D eigenvalue weighted by atomic mass is 32.2. The molecule has 0 saturated carbocycles. The van der Waals surface area contributed by atoms with Crippen LogP contribution in [0.5, 0.6) is 0 Å². The van der Waals surface area contributed by atoms with Crippen LogP contribution < -0.4 is 21.9 Å². The van der Waals surface area contributed by atoms with Gasteiger partial charge in [-0.25, -0.2) is 4.98 Å². The van der Waals surface area contributed by atoms with E-state index in [1.54, 1.807) is 36.5 Å². The highest BCUT2D eigenvalue weighted by Crippen LogP contribution is 2.24. The average Bonchev–Trinajstić information content (AvgIpc) is 3.43. The number of rotatable bonds is 9. The van der Waals surface area contributed by atoms with Gasteiger partial charge in [-0.15, -0.1) is 5.10 Å². The molecule has 1 unspecified atom stereocenters. The van der Waals surface area contributed by atoms with Crippen molar-refractivity contribution in [2.24, 2.45) is 0 Å². The summed E-state index contributed by atoms with van der Waals surface area (Å²) >= 11 is 0.674. The van der Waals surface area contributed by atoms with Crippen LogP contribution in [0.4, 0.5) is 11.5 Å². The highest BCUT2D eigenvalue weighted by Gasteiger charge is 2.31. The van der Waals surface area contributed by atoms with Crippen LogP contribution in [0.2, 0.25) is 0 Å². The summed E-state index contributed by atoms with van der Waals surface area (Å²) in [6.07, 6.45) is 8.29. The molecule has 6 N–H and O–H groups in total. The number of hydrogen-bond acceptors (Lipinski definition) is 10. The number of anilines is 2. The summed E-state index contributed by atoms with van der Waals surface area (Å²) in [5, 5.41) is 29.0. The van der Waals surface area contributed by atoms with E-state index in [1.807, 2.05) is 13.0 Å². The van der Waals surface area contributed by atoms with Crippen molar-refractivity contribution in [1.82, 2.24) is 25.1 Å². The molecule has 3 aromatic rings. The molecule has 0 bridgehead atoms. The lowest BCUT2D eigenvalue weighted by atomic mass is 10.0. The van der Waals surface area contributed by atoms with Gasteiger partial charge in [0, 0.05) is 24.1 Å². The number of aromatic nitrogens is 4. The predicted molar refractivity (Wildman–Crippen MR) is 165 cm³/mol. The van der Waals surface area contributed by atoms with E-state index >= 15 is 0 Å². The first-order valence-electron chi connectivity index (χ1n) is 13.6. The minimum atomic E-state index is -0.843. The Balaban J connectivity index is 1.45. The molecule has 0 fully saturated rings. The fourth-order valence-corrected chi connectivity index (χ4v) is 5.15. The fraction of sp³-hybridized carbons (Fsp3) is 0.310. The third kappa shape index (κ3) is 7.16. The van der Waals surface area contributed by atoms with Gasteiger partial charge >= 0.3 is 0 Å². The zero-order chi connectivity index (χ0) is 30.2. The molecular weight excluding hydrogens is 554 g/mol. The molecule has 4 rings (SSSR count). The molecule has 3 heterocycles. The van der Waals surface area contributed by atoms with E-state index in [-0.39, 0.29) is 23.2 Å². The zero-order valence-corrected chi connectivity index (χ0v) is 24.3. The van der Waals surface area contributed by atoms with Gasteiger partial charge in [0.2, 0.25) is 5.91 Å². The third-order valence-corrected chi connectivity index (χ3v) is 7.66. The average molecular weight is 588 g/mol. The van der Waals surface area contributed by atoms with Crippen molar-refractivity contribution >= 4 is 51.2 Å². The highest BCUT2D eigenvalue weighted by molar-refractivity contribution is 8.28. The summed E-state index contributed by atoms with van der Waals surface area (Å²) in [7, 11) is 0. The van der Waals surface area contributed by atoms with Gasteiger partial charge < -0.3 is 16.4 Å². The minimum Gasteiger partial charge on any atom is -0.382 e. The van der Waals surface area contributed by atoms with Crippen LogP contribution >= 0.6 is 11.8 Å². The van der Waals surface area contributed by atoms with E-state index in [1.165, 1.54) is 10.8 Å². The van der Waals surface area contributed by atoms with Crippen LogP contribution in [-0.4, -0.2) is 48.2 Å². The number of nitrogens with zero attached hydrogens (tertiary/aromatic N) is 4. The number of amides is 2. The van der Waals surface area contributed by atoms with E-state index in [0.717, 1.165) is 36.0 Å². The lowest BCUT2D eigenvalue weighted by Gasteiger charge is -2.17. The molecule has 42 heavy (non-hydrogen) atoms. The van der Waals surface area contributed by atoms with Gasteiger partial charge in [-0.05, 0) is 49.6 Å². The van der Waals surface area contributed by atoms with E-state index in [4.69, 9.17) is 16.6 Å². The van der Waals surface area contributed by atoms with E-state index in [9.17, 15) is 14.4 Å². The maximum absolute atomic E-state index is 13.3. The maximum atomic E-state index is 13.3. The molecule has 0 spiro atoms. The number of carbonyl (C=O) groups excluding carboxylic acids is 2. The number of nitrogens with one attached hydrogen (secondary N) is 4. The first kappa shape index (κ1) is 30.3. The van der Waals surface area contributed by atoms with Gasteiger partial charge in [-0.2, -0.15) is 5.10 Å². The monoisotopic (exact) mass is 587 g/mol. The fourth-order valence-electron chi connectivity index (χ4n) is 4.54. The van der Waals surface area contributed by atoms with Crippen molar-refractivity contribution in [3.8, 4) is 0 Å². The van der Waals surface area contributed by atoms with Crippen LogP contribution in [0.25, 0.3) is 6.08 Å². The standard InChI is InChI=1S/C29H33N9O3S/c1-3-4-8-18(13-20-17(2)14-35-37-24(20)30)15-34-27(39)22-11-12-23-33-16-21(29(41)38(22)23)36-28(40)26(32)42-25(31)19-9-6-5-7-10-19/h5-7,9-10,13-14,16,22,31-32H,3-4,8,11-12,15H2,1-2H3,(H2,30,37)(H,34,39)(H,36,40)/b18-13+,31-25?,32-26?. The smallest absolute Gasteiger partial charge is 0.280 e. The number of nitrogens with two attached hydrogens (primary N) is 1. The molecule has 2 aromatic heterocycles. The topological polar surface area (TPSA) is 193 Å². The van der Waals surface area contributed by atoms with Gasteiger partial charge in [0.1, 0.15) is 22.6 Å². The normalized spacial score (nSPS) is 14.2. The molecule has 0 aliphatic carbocycles. The number of thioether (sulfide) groups is 1. The van der Waals surface area contributed by atoms with Gasteiger partial charge in [0.05, 0.1) is 12.4 Å². The second-order valence-corrected chi connectivity index (χ2v) is 10.9. The molecule has 13 heteroatoms. The van der Waals surface area contributed by atoms with Crippen LogP contribution in [0.15, 0.2) is 53.1 Å². The van der Waals surface area contributed by atoms with E-state index in [0.29, 0.717) is 41.8 Å². The number of benzene rings is 1. The zero-order valence-electron chi connectivity index (χ0n) is 23.4. The first-order chi connectivity index (χ1) is 20.2. The van der Waals surface area contributed by atoms with Crippen molar-refractivity contribution in [1.29, 1.82) is 10.8 Å². The molecule has 0 radical (unpaired) electrons. The molecular formula is C29H33N9O3S. The van der Waals surface area contributed by atoms with Gasteiger partial charge in [0.15, 0.2) is 10.9 Å². The van der Waals surface area contributed by atoms with E-state index in [2.05, 4.69) is 32.7 Å². The van der Waals surface area contributed by atoms with Crippen molar-refractivity contribution in [2.75, 3.05) is 17.6 Å². The molecule has 1 aromatic carbocycles. The summed E-state index contributed by atoms with van der Waals surface area (Å²) in [6.45, 7) is 4.25. The lowest BCUT2D eigenvalue weighted by Crippen LogP contribution is -2.38. The Labute approximate surface area is 247 Å². The third-order valence-electron chi connectivity index (χ3n) is 6.83. The molecule has 1 aliphatic heterocycles. The number of carbonyl (C=O) groups is 2. The van der Waals surface area contributed by atoms with Gasteiger partial charge in [0.25, 0.3) is 11.5 Å². The number of hydrogen-bond donors (Lipinski definition) is 5. The molecule has 2 amide bonds. The van der Waals surface area contributed by atoms with Crippen LogP contribution in [-0.2, 0) is 16.0 Å². The number of unbranched alkanes of at least 4 members (excludes halogenated alkanes) is 1. The maximum Gasteiger partial charge on any atom is 0.280 e. The van der Waals surface area contributed by atoms with Crippen molar-refractivity contribution in [2.45, 2.75) is 52.0 Å². The summed E-state index contributed by atoms with van der Waals surface area (Å²) in [5.41, 5.74) is 8.50. The van der Waals surface area contributed by atoms with Crippen LogP contribution in [0, 0.1) is 17.7 Å². The quantitative estimate of drug-likeness (QED) is 0.185. The Hall–Kier alpha value is -4.65. The number of aryl methyl sites for hydroxylation is 2.